The fourth-order valence-corrected chi connectivity index (χ4v) is 4.03. The van der Waals surface area contributed by atoms with Crippen molar-refractivity contribution in [3.63, 3.8) is 0 Å². The van der Waals surface area contributed by atoms with Crippen molar-refractivity contribution in [3.8, 4) is 0 Å². The quantitative estimate of drug-likeness (QED) is 0.813. The van der Waals surface area contributed by atoms with E-state index in [2.05, 4.69) is 4.72 Å². The van der Waals surface area contributed by atoms with Gasteiger partial charge in [-0.25, -0.2) is 17.5 Å². The molecule has 3 N–H and O–H groups in total. The highest BCUT2D eigenvalue weighted by Gasteiger charge is 2.50. The van der Waals surface area contributed by atoms with Gasteiger partial charge in [0.05, 0.1) is 11.0 Å². The molecular formula is C14H21FN2O3S. The predicted octanol–water partition coefficient (Wildman–Crippen LogP) is 1.89. The molecule has 0 amide bonds. The molecule has 0 heterocycles. The monoisotopic (exact) mass is 316 g/mol. The van der Waals surface area contributed by atoms with Crippen LogP contribution < -0.4 is 10.5 Å². The fourth-order valence-electron chi connectivity index (χ4n) is 2.56. The van der Waals surface area contributed by atoms with Gasteiger partial charge in [-0.05, 0) is 31.5 Å². The van der Waals surface area contributed by atoms with Crippen molar-refractivity contribution in [2.24, 2.45) is 5.41 Å². The summed E-state index contributed by atoms with van der Waals surface area (Å²) in [5.41, 5.74) is 5.27. The third-order valence-electron chi connectivity index (χ3n) is 4.05. The van der Waals surface area contributed by atoms with Crippen LogP contribution in [0.4, 0.5) is 10.1 Å². The summed E-state index contributed by atoms with van der Waals surface area (Å²) in [5, 5.41) is 0. The molecule has 0 saturated heterocycles. The fraction of sp³-hybridized carbons (Fsp3) is 0.571. The van der Waals surface area contributed by atoms with E-state index in [9.17, 15) is 12.8 Å². The minimum atomic E-state index is -3.80. The highest BCUT2D eigenvalue weighted by atomic mass is 32.2. The Balaban J connectivity index is 2.16. The number of nitrogen functional groups attached to an aromatic ring is 1. The van der Waals surface area contributed by atoms with Crippen molar-refractivity contribution >= 4 is 15.7 Å². The second-order valence-corrected chi connectivity index (χ2v) is 7.61. The summed E-state index contributed by atoms with van der Waals surface area (Å²) >= 11 is 0. The maximum absolute atomic E-state index is 13.3. The first-order chi connectivity index (χ1) is 9.66. The number of ether oxygens (including phenoxy) is 1. The van der Waals surface area contributed by atoms with Gasteiger partial charge in [0, 0.05) is 23.8 Å². The van der Waals surface area contributed by atoms with E-state index in [4.69, 9.17) is 10.5 Å². The largest absolute Gasteiger partial charge is 0.399 e. The molecule has 5 nitrogen and oxygen atoms in total. The molecule has 1 aliphatic carbocycles. The van der Waals surface area contributed by atoms with Crippen LogP contribution in [-0.2, 0) is 14.8 Å². The van der Waals surface area contributed by atoms with Crippen LogP contribution in [0.3, 0.4) is 0 Å². The van der Waals surface area contributed by atoms with E-state index >= 15 is 0 Å². The molecule has 2 unspecified atom stereocenters. The molecule has 0 radical (unpaired) electrons. The van der Waals surface area contributed by atoms with Crippen LogP contribution in [0.1, 0.15) is 27.2 Å². The third kappa shape index (κ3) is 3.20. The van der Waals surface area contributed by atoms with Crippen molar-refractivity contribution in [1.29, 1.82) is 0 Å². The third-order valence-corrected chi connectivity index (χ3v) is 5.50. The summed E-state index contributed by atoms with van der Waals surface area (Å²) in [5.74, 6) is -0.671. The average Bonchev–Trinajstić information content (AvgIpc) is 2.36. The van der Waals surface area contributed by atoms with Crippen LogP contribution in [0.2, 0.25) is 0 Å². The Morgan fingerprint density at radius 1 is 1.43 bits per heavy atom. The van der Waals surface area contributed by atoms with Crippen LogP contribution in [-0.4, -0.2) is 27.2 Å². The van der Waals surface area contributed by atoms with Gasteiger partial charge in [0.1, 0.15) is 5.82 Å². The zero-order chi connectivity index (χ0) is 15.8. The molecule has 2 atom stereocenters. The highest BCUT2D eigenvalue weighted by Crippen LogP contribution is 2.43. The van der Waals surface area contributed by atoms with Gasteiger partial charge in [-0.2, -0.15) is 0 Å². The normalized spacial score (nSPS) is 24.6. The summed E-state index contributed by atoms with van der Waals surface area (Å²) in [6.45, 7) is 6.39. The Labute approximate surface area is 124 Å². The van der Waals surface area contributed by atoms with Crippen molar-refractivity contribution in [1.82, 2.24) is 4.72 Å². The Hall–Kier alpha value is -1.18. The topological polar surface area (TPSA) is 81.4 Å². The first kappa shape index (κ1) is 16.2. The van der Waals surface area contributed by atoms with E-state index in [1.165, 1.54) is 6.07 Å². The van der Waals surface area contributed by atoms with Crippen molar-refractivity contribution in [2.75, 3.05) is 12.3 Å². The van der Waals surface area contributed by atoms with Crippen LogP contribution >= 0.6 is 0 Å². The van der Waals surface area contributed by atoms with Crippen LogP contribution in [0, 0.1) is 11.2 Å². The summed E-state index contributed by atoms with van der Waals surface area (Å²) < 4.78 is 46.1. The molecule has 1 aromatic carbocycles. The molecule has 7 heteroatoms. The number of nitrogens with one attached hydrogen (secondary N) is 1. The van der Waals surface area contributed by atoms with Gasteiger partial charge in [-0.15, -0.1) is 0 Å². The summed E-state index contributed by atoms with van der Waals surface area (Å²) in [6.07, 6.45) is 0.623. The molecule has 1 fully saturated rings. The minimum Gasteiger partial charge on any atom is -0.399 e. The van der Waals surface area contributed by atoms with E-state index in [1.54, 1.807) is 0 Å². The second kappa shape index (κ2) is 5.55. The second-order valence-electron chi connectivity index (χ2n) is 5.90. The smallest absolute Gasteiger partial charge is 0.241 e. The highest BCUT2D eigenvalue weighted by molar-refractivity contribution is 7.89. The molecule has 0 aromatic heterocycles. The zero-order valence-electron chi connectivity index (χ0n) is 12.4. The Morgan fingerprint density at radius 3 is 2.62 bits per heavy atom. The van der Waals surface area contributed by atoms with Crippen LogP contribution in [0.5, 0.6) is 0 Å². The lowest BCUT2D eigenvalue weighted by Crippen LogP contribution is -2.61. The number of hydrogen-bond acceptors (Lipinski definition) is 4. The standard InChI is InChI=1S/C14H21FN2O3S/c1-4-20-13-8-12(14(13,2)3)17-21(18,19)11-6-9(15)5-10(16)7-11/h5-7,12-13,17H,4,8,16H2,1-3H3. The number of halogens is 1. The van der Waals surface area contributed by atoms with Gasteiger partial charge in [0.25, 0.3) is 0 Å². The van der Waals surface area contributed by atoms with Gasteiger partial charge in [-0.1, -0.05) is 13.8 Å². The maximum Gasteiger partial charge on any atom is 0.241 e. The molecule has 2 rings (SSSR count). The van der Waals surface area contributed by atoms with Gasteiger partial charge in [0.15, 0.2) is 0 Å². The molecule has 0 bridgehead atoms. The number of sulfonamides is 1. The molecule has 21 heavy (non-hydrogen) atoms. The first-order valence-electron chi connectivity index (χ1n) is 6.87. The van der Waals surface area contributed by atoms with Gasteiger partial charge in [0.2, 0.25) is 10.0 Å². The zero-order valence-corrected chi connectivity index (χ0v) is 13.2. The lowest BCUT2D eigenvalue weighted by Gasteiger charge is -2.51. The lowest BCUT2D eigenvalue weighted by atomic mass is 9.65. The molecule has 1 aromatic rings. The van der Waals surface area contributed by atoms with E-state index in [1.807, 2.05) is 20.8 Å². The number of benzene rings is 1. The van der Waals surface area contributed by atoms with Crippen LogP contribution in [0.15, 0.2) is 23.1 Å². The van der Waals surface area contributed by atoms with Gasteiger partial charge >= 0.3 is 0 Å². The van der Waals surface area contributed by atoms with E-state index in [0.717, 1.165) is 12.1 Å². The maximum atomic E-state index is 13.3. The molecule has 118 valence electrons. The van der Waals surface area contributed by atoms with Gasteiger partial charge < -0.3 is 10.5 Å². The lowest BCUT2D eigenvalue weighted by molar-refractivity contribution is -0.108. The Morgan fingerprint density at radius 2 is 2.10 bits per heavy atom. The van der Waals surface area contributed by atoms with E-state index in [0.29, 0.717) is 13.0 Å². The van der Waals surface area contributed by atoms with Crippen LogP contribution in [0.25, 0.3) is 0 Å². The first-order valence-corrected chi connectivity index (χ1v) is 8.35. The summed E-state index contributed by atoms with van der Waals surface area (Å²) in [7, 11) is -3.80. The Bertz CT molecular complexity index is 611. The number of hydrogen-bond donors (Lipinski definition) is 2. The number of anilines is 1. The van der Waals surface area contributed by atoms with Crippen molar-refractivity contribution in [3.05, 3.63) is 24.0 Å². The van der Waals surface area contributed by atoms with E-state index in [-0.39, 0.29) is 28.1 Å². The number of nitrogens with two attached hydrogens (primary N) is 1. The number of rotatable bonds is 5. The molecular weight excluding hydrogens is 295 g/mol. The van der Waals surface area contributed by atoms with Crippen molar-refractivity contribution < 1.29 is 17.5 Å². The SMILES string of the molecule is CCOC1CC(NS(=O)(=O)c2cc(N)cc(F)c2)C1(C)C. The minimum absolute atomic E-state index is 0.0211. The van der Waals surface area contributed by atoms with Crippen molar-refractivity contribution in [2.45, 2.75) is 44.2 Å². The molecule has 0 spiro atoms. The average molecular weight is 316 g/mol. The van der Waals surface area contributed by atoms with E-state index < -0.39 is 15.8 Å². The molecule has 0 aliphatic heterocycles. The molecule has 1 aliphatic rings. The predicted molar refractivity (Wildman–Crippen MR) is 78.7 cm³/mol. The Kier molecular flexibility index (Phi) is 4.28. The van der Waals surface area contributed by atoms with Gasteiger partial charge in [-0.3, -0.25) is 0 Å². The molecule has 1 saturated carbocycles. The summed E-state index contributed by atoms with van der Waals surface area (Å²) in [4.78, 5) is -0.157. The summed E-state index contributed by atoms with van der Waals surface area (Å²) in [6, 6.07) is 3.04.